The van der Waals surface area contributed by atoms with Crippen LogP contribution < -0.4 is 37.2 Å². The molecule has 358 valence electrons. The van der Waals surface area contributed by atoms with Gasteiger partial charge in [0, 0.05) is 58.5 Å². The van der Waals surface area contributed by atoms with Crippen LogP contribution in [-0.2, 0) is 54.1 Å². The Labute approximate surface area is 370 Å². The maximum Gasteiger partial charge on any atom is 0.408 e. The summed E-state index contributed by atoms with van der Waals surface area (Å²) in [6.07, 6.45) is -2.90. The molecule has 1 aromatic carbocycles. The molecule has 7 N–H and O–H groups in total. The molecule has 0 aliphatic heterocycles. The van der Waals surface area contributed by atoms with Gasteiger partial charge in [0.15, 0.2) is 0 Å². The Balaban J connectivity index is 2.93. The second kappa shape index (κ2) is 29.0. The van der Waals surface area contributed by atoms with Gasteiger partial charge in [0.05, 0.1) is 39.6 Å². The topological polar surface area (TPSA) is 268 Å². The summed E-state index contributed by atoms with van der Waals surface area (Å²) in [7, 11) is 0. The number of benzene rings is 1. The molecule has 0 heterocycles. The largest absolute Gasteiger partial charge is 0.445 e. The minimum atomic E-state index is -1.44. The number of hydrogen-bond donors (Lipinski definition) is 7. The van der Waals surface area contributed by atoms with E-state index < -0.39 is 46.7 Å². The van der Waals surface area contributed by atoms with Crippen LogP contribution in [0.15, 0.2) is 30.3 Å². The van der Waals surface area contributed by atoms with Crippen molar-refractivity contribution in [3.8, 4) is 0 Å². The van der Waals surface area contributed by atoms with Crippen LogP contribution in [0.25, 0.3) is 0 Å². The Bertz CT molecular complexity index is 1420. The highest BCUT2D eigenvalue weighted by atomic mass is 16.6. The Morgan fingerprint density at radius 3 is 1.08 bits per heavy atom. The van der Waals surface area contributed by atoms with Crippen LogP contribution in [0.5, 0.6) is 0 Å². The van der Waals surface area contributed by atoms with Gasteiger partial charge in [0.1, 0.15) is 28.9 Å². The van der Waals surface area contributed by atoms with E-state index in [0.717, 1.165) is 5.56 Å². The molecule has 0 atom stereocenters. The first-order chi connectivity index (χ1) is 29.5. The predicted molar refractivity (Wildman–Crippen MR) is 231 cm³/mol. The Kier molecular flexibility index (Phi) is 25.6. The van der Waals surface area contributed by atoms with Gasteiger partial charge in [-0.3, -0.25) is 14.4 Å². The number of hydrogen-bond acceptors (Lipinski definition) is 14. The van der Waals surface area contributed by atoms with Crippen molar-refractivity contribution in [3.63, 3.8) is 0 Å². The van der Waals surface area contributed by atoms with Gasteiger partial charge in [-0.25, -0.2) is 19.2 Å². The van der Waals surface area contributed by atoms with Crippen LogP contribution in [0.4, 0.5) is 19.2 Å². The lowest BCUT2D eigenvalue weighted by Gasteiger charge is -2.33. The highest BCUT2D eigenvalue weighted by molar-refractivity contribution is 5.77. The van der Waals surface area contributed by atoms with Crippen LogP contribution in [0.1, 0.15) is 87.1 Å². The van der Waals surface area contributed by atoms with E-state index in [1.54, 1.807) is 86.6 Å². The third-order valence-corrected chi connectivity index (χ3v) is 7.48. The molecule has 1 aromatic rings. The quantitative estimate of drug-likeness (QED) is 0.0495. The monoisotopic (exact) mass is 898 g/mol. The van der Waals surface area contributed by atoms with Gasteiger partial charge in [-0.15, -0.1) is 0 Å². The number of alkyl carbamates (subject to hydrolysis) is 4. The van der Waals surface area contributed by atoms with Crippen LogP contribution in [0.2, 0.25) is 0 Å². The molecule has 1 rings (SSSR count). The van der Waals surface area contributed by atoms with Gasteiger partial charge in [0.25, 0.3) is 0 Å². The molecule has 0 fully saturated rings. The Hall–Kier alpha value is -5.41. The SMILES string of the molecule is CC(C)(C)OC(=O)NCCNC(=O)CCOCC(COCCC(=O)NCCNC(=O)OC(C)(C)C)(COCCC(=O)NCCNC(=O)OC(C)(C)C)NC(=O)OCc1ccccc1. The Morgan fingerprint density at radius 1 is 0.444 bits per heavy atom. The van der Waals surface area contributed by atoms with Crippen LogP contribution >= 0.6 is 0 Å². The molecule has 0 aliphatic rings. The number of carbonyl (C=O) groups is 7. The maximum atomic E-state index is 13.3. The van der Waals surface area contributed by atoms with Gasteiger partial charge in [-0.05, 0) is 67.9 Å². The first-order valence-corrected chi connectivity index (χ1v) is 20.9. The summed E-state index contributed by atoms with van der Waals surface area (Å²) in [6, 6.07) is 8.99. The summed E-state index contributed by atoms with van der Waals surface area (Å²) in [5.41, 5.74) is -2.71. The maximum absolute atomic E-state index is 13.3. The molecule has 0 bridgehead atoms. The van der Waals surface area contributed by atoms with Crippen molar-refractivity contribution in [3.05, 3.63) is 35.9 Å². The smallest absolute Gasteiger partial charge is 0.408 e. The lowest BCUT2D eigenvalue weighted by molar-refractivity contribution is -0.122. The summed E-state index contributed by atoms with van der Waals surface area (Å²) in [5.74, 6) is -1.10. The van der Waals surface area contributed by atoms with Crippen molar-refractivity contribution in [1.82, 2.24) is 37.2 Å². The molecule has 0 spiro atoms. The summed E-state index contributed by atoms with van der Waals surface area (Å²) < 4.78 is 38.7. The highest BCUT2D eigenvalue weighted by Gasteiger charge is 2.35. The molecule has 21 nitrogen and oxygen atoms in total. The molecule has 21 heteroatoms. The fourth-order valence-corrected chi connectivity index (χ4v) is 4.81. The van der Waals surface area contributed by atoms with Gasteiger partial charge in [0.2, 0.25) is 17.7 Å². The van der Waals surface area contributed by atoms with E-state index in [0.29, 0.717) is 0 Å². The van der Waals surface area contributed by atoms with E-state index in [2.05, 4.69) is 37.2 Å². The van der Waals surface area contributed by atoms with Crippen molar-refractivity contribution < 1.29 is 66.7 Å². The number of ether oxygens (including phenoxy) is 7. The number of nitrogens with one attached hydrogen (secondary N) is 7. The molecular weight excluding hydrogens is 826 g/mol. The van der Waals surface area contributed by atoms with E-state index in [1.807, 2.05) is 6.07 Å². The molecule has 0 unspecified atom stereocenters. The fourth-order valence-electron chi connectivity index (χ4n) is 4.81. The fraction of sp³-hybridized carbons (Fsp3) is 0.690. The van der Waals surface area contributed by atoms with E-state index in [1.165, 1.54) is 0 Å². The van der Waals surface area contributed by atoms with Crippen molar-refractivity contribution in [2.45, 2.75) is 111 Å². The van der Waals surface area contributed by atoms with Gasteiger partial charge in [-0.1, -0.05) is 30.3 Å². The number of rotatable bonds is 27. The van der Waals surface area contributed by atoms with E-state index in [9.17, 15) is 33.6 Å². The zero-order valence-electron chi connectivity index (χ0n) is 38.4. The normalized spacial score (nSPS) is 11.6. The lowest BCUT2D eigenvalue weighted by Crippen LogP contribution is -2.59. The minimum absolute atomic E-state index is 0.0554. The van der Waals surface area contributed by atoms with E-state index in [-0.39, 0.29) is 123 Å². The van der Waals surface area contributed by atoms with Crippen molar-refractivity contribution in [2.75, 3.05) is 78.9 Å². The molecule has 0 saturated carbocycles. The summed E-state index contributed by atoms with van der Waals surface area (Å²) in [4.78, 5) is 86.5. The summed E-state index contributed by atoms with van der Waals surface area (Å²) in [6.45, 7) is 15.4. The standard InChI is InChI=1S/C42H71N7O14/c1-39(2,3)61-35(53)46-21-18-43-32(50)15-24-57-28-42(49-38(56)60-27-31-13-11-10-12-14-31,29-58-25-16-33(51)44-19-22-47-36(54)62-40(4,5)6)30-59-26-17-34(52)45-20-23-48-37(55)63-41(7,8)9/h10-14H,15-30H2,1-9H3,(H,43,50)(H,44,51)(H,45,52)(H,46,53)(H,47,54)(H,48,55)(H,49,56). The average Bonchev–Trinajstić information content (AvgIpc) is 3.16. The first-order valence-electron chi connectivity index (χ1n) is 20.9. The molecule has 0 aromatic heterocycles. The third-order valence-electron chi connectivity index (χ3n) is 7.48. The van der Waals surface area contributed by atoms with Gasteiger partial charge in [-0.2, -0.15) is 0 Å². The zero-order chi connectivity index (χ0) is 47.4. The lowest BCUT2D eigenvalue weighted by atomic mass is 10.0. The predicted octanol–water partition coefficient (Wildman–Crippen LogP) is 2.79. The van der Waals surface area contributed by atoms with Crippen molar-refractivity contribution >= 4 is 42.1 Å². The van der Waals surface area contributed by atoms with Crippen molar-refractivity contribution in [1.29, 1.82) is 0 Å². The van der Waals surface area contributed by atoms with Gasteiger partial charge >= 0.3 is 24.4 Å². The zero-order valence-corrected chi connectivity index (χ0v) is 38.4. The Morgan fingerprint density at radius 2 is 0.762 bits per heavy atom. The molecule has 0 radical (unpaired) electrons. The minimum Gasteiger partial charge on any atom is -0.445 e. The van der Waals surface area contributed by atoms with Crippen LogP contribution in [0, 0.1) is 0 Å². The molecule has 0 aliphatic carbocycles. The number of carbonyl (C=O) groups excluding carboxylic acids is 7. The van der Waals surface area contributed by atoms with Gasteiger partial charge < -0.3 is 70.4 Å². The molecule has 0 saturated heterocycles. The van der Waals surface area contributed by atoms with Crippen molar-refractivity contribution in [2.24, 2.45) is 0 Å². The molecular formula is C42H71N7O14. The highest BCUT2D eigenvalue weighted by Crippen LogP contribution is 2.13. The first kappa shape index (κ1) is 55.6. The second-order valence-electron chi connectivity index (χ2n) is 17.2. The average molecular weight is 898 g/mol. The second-order valence-corrected chi connectivity index (χ2v) is 17.2. The molecule has 7 amide bonds. The van der Waals surface area contributed by atoms with Crippen LogP contribution in [-0.4, -0.2) is 143 Å². The third kappa shape index (κ3) is 32.0. The van der Waals surface area contributed by atoms with E-state index >= 15 is 0 Å². The van der Waals surface area contributed by atoms with Crippen LogP contribution in [0.3, 0.4) is 0 Å². The summed E-state index contributed by atoms with van der Waals surface area (Å²) in [5, 5.41) is 18.5. The number of amides is 7. The summed E-state index contributed by atoms with van der Waals surface area (Å²) >= 11 is 0. The van der Waals surface area contributed by atoms with E-state index in [4.69, 9.17) is 33.2 Å². The molecule has 63 heavy (non-hydrogen) atoms.